The van der Waals surface area contributed by atoms with Crippen molar-refractivity contribution in [2.75, 3.05) is 42.5 Å². The molecule has 2 aliphatic rings. The van der Waals surface area contributed by atoms with Crippen molar-refractivity contribution in [1.29, 1.82) is 0 Å². The van der Waals surface area contributed by atoms with Gasteiger partial charge >= 0.3 is 0 Å². The van der Waals surface area contributed by atoms with Gasteiger partial charge in [-0.3, -0.25) is 4.79 Å². The first-order valence-electron chi connectivity index (χ1n) is 10.5. The van der Waals surface area contributed by atoms with Gasteiger partial charge in [0.1, 0.15) is 0 Å². The Morgan fingerprint density at radius 1 is 0.893 bits per heavy atom. The molecule has 0 aromatic heterocycles. The smallest absolute Gasteiger partial charge is 0.251 e. The van der Waals surface area contributed by atoms with E-state index in [0.29, 0.717) is 32.6 Å². The van der Waals surface area contributed by atoms with Crippen LogP contribution in [-0.4, -0.2) is 44.6 Å². The van der Waals surface area contributed by atoms with Gasteiger partial charge in [0.15, 0.2) is 0 Å². The van der Waals surface area contributed by atoms with Crippen molar-refractivity contribution in [1.82, 2.24) is 5.32 Å². The van der Waals surface area contributed by atoms with Crippen LogP contribution >= 0.6 is 0 Å². The Bertz CT molecular complexity index is 563. The van der Waals surface area contributed by atoms with Crippen LogP contribution < -0.4 is 15.1 Å². The van der Waals surface area contributed by atoms with E-state index in [0.717, 1.165) is 23.8 Å². The van der Waals surface area contributed by atoms with Crippen LogP contribution in [0.15, 0.2) is 24.3 Å². The molecular formula is C22H37F2N3O. The standard InChI is InChI=1S/C16H21F2N3O.C4H10.C2H6/c17-16(18)6-10-21(11-7-16)14-3-1-13(2-4-14)20-9-5-15(22)19-8-12-20;1-4(2)3;1-2/h1-4H,5-12H2,(H,19,22);4H,1-3H3;1-2H3. The maximum atomic E-state index is 13.2. The molecule has 2 saturated heterocycles. The summed E-state index contributed by atoms with van der Waals surface area (Å²) in [6.45, 7) is 13.5. The molecule has 0 atom stereocenters. The van der Waals surface area contributed by atoms with Gasteiger partial charge in [-0.15, -0.1) is 0 Å². The molecule has 160 valence electrons. The highest BCUT2D eigenvalue weighted by atomic mass is 19.3. The third-order valence-corrected chi connectivity index (χ3v) is 4.39. The first kappa shape index (κ1) is 24.2. The van der Waals surface area contributed by atoms with Crippen molar-refractivity contribution < 1.29 is 13.6 Å². The maximum absolute atomic E-state index is 13.2. The third-order valence-electron chi connectivity index (χ3n) is 4.39. The van der Waals surface area contributed by atoms with Crippen LogP contribution in [0, 0.1) is 5.92 Å². The molecule has 0 aliphatic carbocycles. The second-order valence-corrected chi connectivity index (χ2v) is 7.68. The molecule has 0 unspecified atom stereocenters. The Morgan fingerprint density at radius 2 is 1.32 bits per heavy atom. The lowest BCUT2D eigenvalue weighted by atomic mass is 10.1. The number of benzene rings is 1. The second kappa shape index (κ2) is 11.9. The lowest BCUT2D eigenvalue weighted by molar-refractivity contribution is -0.120. The molecule has 0 radical (unpaired) electrons. The predicted molar refractivity (Wildman–Crippen MR) is 115 cm³/mol. The van der Waals surface area contributed by atoms with Gasteiger partial charge in [0.25, 0.3) is 5.92 Å². The number of nitrogens with zero attached hydrogens (tertiary/aromatic N) is 2. The average Bonchev–Trinajstić information content (AvgIpc) is 2.88. The Labute approximate surface area is 169 Å². The minimum atomic E-state index is -2.51. The number of alkyl halides is 2. The molecule has 1 amide bonds. The zero-order valence-electron chi connectivity index (χ0n) is 18.1. The molecule has 1 aromatic carbocycles. The van der Waals surface area contributed by atoms with Crippen LogP contribution in [0.4, 0.5) is 20.2 Å². The molecule has 4 nitrogen and oxygen atoms in total. The van der Waals surface area contributed by atoms with E-state index in [-0.39, 0.29) is 18.7 Å². The molecule has 1 N–H and O–H groups in total. The fourth-order valence-electron chi connectivity index (χ4n) is 2.99. The molecule has 3 rings (SSSR count). The van der Waals surface area contributed by atoms with Crippen molar-refractivity contribution in [3.05, 3.63) is 24.3 Å². The van der Waals surface area contributed by atoms with E-state index in [2.05, 4.69) is 31.0 Å². The Hall–Kier alpha value is -1.85. The Kier molecular flexibility index (Phi) is 10.3. The predicted octanol–water partition coefficient (Wildman–Crippen LogP) is 4.94. The number of hydrogen-bond acceptors (Lipinski definition) is 3. The van der Waals surface area contributed by atoms with Gasteiger partial charge in [0.2, 0.25) is 5.91 Å². The van der Waals surface area contributed by atoms with Crippen molar-refractivity contribution in [3.63, 3.8) is 0 Å². The number of rotatable bonds is 2. The third kappa shape index (κ3) is 8.44. The van der Waals surface area contributed by atoms with Gasteiger partial charge in [-0.1, -0.05) is 34.6 Å². The fourth-order valence-corrected chi connectivity index (χ4v) is 2.99. The van der Waals surface area contributed by atoms with E-state index >= 15 is 0 Å². The highest BCUT2D eigenvalue weighted by Gasteiger charge is 2.34. The number of piperidine rings is 1. The number of anilines is 2. The molecule has 2 fully saturated rings. The second-order valence-electron chi connectivity index (χ2n) is 7.68. The van der Waals surface area contributed by atoms with Crippen molar-refractivity contribution in [2.24, 2.45) is 5.92 Å². The fraction of sp³-hybridized carbons (Fsp3) is 0.682. The summed E-state index contributed by atoms with van der Waals surface area (Å²) in [5.74, 6) is -1.59. The molecule has 2 aliphatic heterocycles. The van der Waals surface area contributed by atoms with Gasteiger partial charge < -0.3 is 15.1 Å². The highest BCUT2D eigenvalue weighted by molar-refractivity contribution is 5.77. The van der Waals surface area contributed by atoms with Crippen molar-refractivity contribution in [3.8, 4) is 0 Å². The van der Waals surface area contributed by atoms with Crippen LogP contribution in [0.25, 0.3) is 0 Å². The van der Waals surface area contributed by atoms with Gasteiger partial charge in [-0.2, -0.15) is 0 Å². The molecule has 0 saturated carbocycles. The van der Waals surface area contributed by atoms with E-state index < -0.39 is 5.92 Å². The number of carbonyl (C=O) groups is 1. The normalized spacial score (nSPS) is 18.9. The topological polar surface area (TPSA) is 35.6 Å². The Balaban J connectivity index is 0.000000583. The quantitative estimate of drug-likeness (QED) is 0.768. The van der Waals surface area contributed by atoms with Gasteiger partial charge in [-0.05, 0) is 30.2 Å². The molecule has 0 bridgehead atoms. The molecule has 28 heavy (non-hydrogen) atoms. The average molecular weight is 398 g/mol. The van der Waals surface area contributed by atoms with Crippen LogP contribution in [0.3, 0.4) is 0 Å². The molecule has 1 aromatic rings. The largest absolute Gasteiger partial charge is 0.371 e. The van der Waals surface area contributed by atoms with E-state index in [1.807, 2.05) is 43.0 Å². The van der Waals surface area contributed by atoms with Gasteiger partial charge in [0.05, 0.1) is 0 Å². The number of halogens is 2. The van der Waals surface area contributed by atoms with Gasteiger partial charge in [0, 0.05) is 63.4 Å². The summed E-state index contributed by atoms with van der Waals surface area (Å²) in [6.07, 6.45) is 0.353. The summed E-state index contributed by atoms with van der Waals surface area (Å²) in [7, 11) is 0. The summed E-state index contributed by atoms with van der Waals surface area (Å²) >= 11 is 0. The Morgan fingerprint density at radius 3 is 1.79 bits per heavy atom. The van der Waals surface area contributed by atoms with E-state index in [1.54, 1.807) is 0 Å². The minimum absolute atomic E-state index is 0.0747. The summed E-state index contributed by atoms with van der Waals surface area (Å²) in [5, 5.41) is 2.86. The van der Waals surface area contributed by atoms with Crippen LogP contribution in [0.2, 0.25) is 0 Å². The SMILES string of the molecule is CC.CC(C)C.O=C1CCN(c2ccc(N3CCC(F)(F)CC3)cc2)CCN1. The summed E-state index contributed by atoms with van der Waals surface area (Å²) in [4.78, 5) is 15.5. The number of amides is 1. The lowest BCUT2D eigenvalue weighted by Gasteiger charge is -2.33. The lowest BCUT2D eigenvalue weighted by Crippen LogP contribution is -2.39. The van der Waals surface area contributed by atoms with Crippen LogP contribution in [0.1, 0.15) is 53.9 Å². The zero-order chi connectivity index (χ0) is 21.2. The van der Waals surface area contributed by atoms with E-state index in [1.165, 1.54) is 0 Å². The number of carbonyl (C=O) groups excluding carboxylic acids is 1. The summed E-state index contributed by atoms with van der Waals surface area (Å²) < 4.78 is 26.4. The van der Waals surface area contributed by atoms with Crippen molar-refractivity contribution in [2.45, 2.75) is 59.8 Å². The highest BCUT2D eigenvalue weighted by Crippen LogP contribution is 2.31. The molecule has 2 heterocycles. The number of hydrogen-bond donors (Lipinski definition) is 1. The van der Waals surface area contributed by atoms with E-state index in [9.17, 15) is 13.6 Å². The van der Waals surface area contributed by atoms with Gasteiger partial charge in [-0.25, -0.2) is 8.78 Å². The minimum Gasteiger partial charge on any atom is -0.371 e. The first-order chi connectivity index (χ1) is 13.3. The van der Waals surface area contributed by atoms with Crippen LogP contribution in [0.5, 0.6) is 0 Å². The molecular weight excluding hydrogens is 360 g/mol. The summed E-state index contributed by atoms with van der Waals surface area (Å²) in [5.41, 5.74) is 2.06. The molecule has 6 heteroatoms. The number of nitrogens with one attached hydrogen (secondary N) is 1. The maximum Gasteiger partial charge on any atom is 0.251 e. The molecule has 0 spiro atoms. The summed E-state index contributed by atoms with van der Waals surface area (Å²) in [6, 6.07) is 7.99. The van der Waals surface area contributed by atoms with Crippen LogP contribution in [-0.2, 0) is 4.79 Å². The monoisotopic (exact) mass is 397 g/mol. The first-order valence-corrected chi connectivity index (χ1v) is 10.5. The van der Waals surface area contributed by atoms with Crippen molar-refractivity contribution >= 4 is 17.3 Å². The van der Waals surface area contributed by atoms with E-state index in [4.69, 9.17) is 0 Å². The zero-order valence-corrected chi connectivity index (χ0v) is 18.1.